The van der Waals surface area contributed by atoms with Crippen LogP contribution >= 0.6 is 0 Å². The first-order chi connectivity index (χ1) is 6.52. The number of alkyl halides is 1. The molecule has 1 saturated heterocycles. The van der Waals surface area contributed by atoms with E-state index in [2.05, 4.69) is 0 Å². The van der Waals surface area contributed by atoms with Crippen LogP contribution in [0.5, 0.6) is 0 Å². The lowest BCUT2D eigenvalue weighted by Crippen LogP contribution is -2.43. The Hall–Kier alpha value is -0.600. The Bertz CT molecular complexity index is 190. The summed E-state index contributed by atoms with van der Waals surface area (Å²) in [5.41, 5.74) is -1.71. The molecule has 0 aromatic heterocycles. The van der Waals surface area contributed by atoms with Gasteiger partial charge in [-0.25, -0.2) is 4.39 Å². The van der Waals surface area contributed by atoms with Gasteiger partial charge in [-0.2, -0.15) is 0 Å². The van der Waals surface area contributed by atoms with E-state index in [4.69, 9.17) is 0 Å². The van der Waals surface area contributed by atoms with Crippen molar-refractivity contribution in [1.29, 1.82) is 0 Å². The van der Waals surface area contributed by atoms with Crippen LogP contribution in [-0.2, 0) is 4.79 Å². The van der Waals surface area contributed by atoms with Gasteiger partial charge in [0.15, 0.2) is 5.67 Å². The number of halogens is 1. The molecule has 82 valence electrons. The molecule has 0 aliphatic carbocycles. The molecule has 3 heteroatoms. The third kappa shape index (κ3) is 3.28. The van der Waals surface area contributed by atoms with E-state index in [0.717, 1.165) is 38.8 Å². The average Bonchev–Trinajstić information content (AvgIpc) is 2.00. The molecule has 1 rings (SSSR count). The molecule has 0 aromatic rings. The fourth-order valence-corrected chi connectivity index (χ4v) is 1.83. The molecule has 0 atom stereocenters. The van der Waals surface area contributed by atoms with E-state index in [1.165, 1.54) is 20.3 Å². The van der Waals surface area contributed by atoms with Crippen molar-refractivity contribution in [2.24, 2.45) is 0 Å². The fourth-order valence-electron chi connectivity index (χ4n) is 1.83. The van der Waals surface area contributed by atoms with Crippen LogP contribution in [0.3, 0.4) is 0 Å². The number of nitrogens with zero attached hydrogens (tertiary/aromatic N) is 1. The van der Waals surface area contributed by atoms with Crippen molar-refractivity contribution in [3.63, 3.8) is 0 Å². The predicted molar refractivity (Wildman–Crippen MR) is 54.9 cm³/mol. The molecule has 0 radical (unpaired) electrons. The van der Waals surface area contributed by atoms with E-state index >= 15 is 0 Å². The highest BCUT2D eigenvalue weighted by Crippen LogP contribution is 2.17. The molecular formula is C11H20FNO. The van der Waals surface area contributed by atoms with Crippen LogP contribution in [0.4, 0.5) is 4.39 Å². The molecule has 1 aliphatic rings. The summed E-state index contributed by atoms with van der Waals surface area (Å²) in [5.74, 6) is -0.348. The molecule has 0 N–H and O–H groups in total. The number of carbonyl (C=O) groups is 1. The lowest BCUT2D eigenvalue weighted by Gasteiger charge is -2.28. The Balaban J connectivity index is 2.51. The fraction of sp³-hybridized carbons (Fsp3) is 0.909. The van der Waals surface area contributed by atoms with Gasteiger partial charge in [-0.1, -0.05) is 19.3 Å². The summed E-state index contributed by atoms with van der Waals surface area (Å²) >= 11 is 0. The van der Waals surface area contributed by atoms with Crippen LogP contribution in [0.2, 0.25) is 0 Å². The zero-order valence-corrected chi connectivity index (χ0v) is 9.18. The highest BCUT2D eigenvalue weighted by Gasteiger charge is 2.31. The van der Waals surface area contributed by atoms with Crippen LogP contribution in [0, 0.1) is 0 Å². The maximum Gasteiger partial charge on any atom is 0.259 e. The van der Waals surface area contributed by atoms with Gasteiger partial charge < -0.3 is 4.90 Å². The Morgan fingerprint density at radius 1 is 1.07 bits per heavy atom. The maximum absolute atomic E-state index is 13.4. The summed E-state index contributed by atoms with van der Waals surface area (Å²) in [5, 5.41) is 0. The molecule has 14 heavy (non-hydrogen) atoms. The number of hydrogen-bond donors (Lipinski definition) is 0. The first kappa shape index (κ1) is 11.5. The van der Waals surface area contributed by atoms with Gasteiger partial charge in [-0.3, -0.25) is 4.79 Å². The number of likely N-dealkylation sites (tertiary alicyclic amines) is 1. The Morgan fingerprint density at radius 3 is 1.93 bits per heavy atom. The number of carbonyl (C=O) groups excluding carboxylic acids is 1. The van der Waals surface area contributed by atoms with Gasteiger partial charge in [0.25, 0.3) is 5.91 Å². The van der Waals surface area contributed by atoms with Gasteiger partial charge in [0.05, 0.1) is 0 Å². The maximum atomic E-state index is 13.4. The second-order valence-corrected chi connectivity index (χ2v) is 4.53. The summed E-state index contributed by atoms with van der Waals surface area (Å²) in [4.78, 5) is 13.3. The second-order valence-electron chi connectivity index (χ2n) is 4.53. The van der Waals surface area contributed by atoms with Crippen molar-refractivity contribution in [3.05, 3.63) is 0 Å². The normalized spacial score (nSPS) is 20.1. The monoisotopic (exact) mass is 201 g/mol. The van der Waals surface area contributed by atoms with E-state index in [-0.39, 0.29) is 5.91 Å². The Labute approximate surface area is 85.5 Å². The van der Waals surface area contributed by atoms with Gasteiger partial charge in [0.2, 0.25) is 0 Å². The summed E-state index contributed by atoms with van der Waals surface area (Å²) < 4.78 is 13.4. The molecule has 0 spiro atoms. The Kier molecular flexibility index (Phi) is 3.90. The average molecular weight is 201 g/mol. The first-order valence-electron chi connectivity index (χ1n) is 5.50. The van der Waals surface area contributed by atoms with E-state index < -0.39 is 5.67 Å². The van der Waals surface area contributed by atoms with Crippen molar-refractivity contribution in [2.75, 3.05) is 13.1 Å². The van der Waals surface area contributed by atoms with Crippen molar-refractivity contribution in [2.45, 2.75) is 51.6 Å². The largest absolute Gasteiger partial charge is 0.340 e. The summed E-state index contributed by atoms with van der Waals surface area (Å²) in [6.45, 7) is 4.14. The quantitative estimate of drug-likeness (QED) is 0.638. The van der Waals surface area contributed by atoms with Crippen LogP contribution in [0.15, 0.2) is 0 Å². The van der Waals surface area contributed by atoms with E-state index in [0.29, 0.717) is 0 Å². The summed E-state index contributed by atoms with van der Waals surface area (Å²) in [6.07, 6.45) is 5.61. The Morgan fingerprint density at radius 2 is 1.50 bits per heavy atom. The summed E-state index contributed by atoms with van der Waals surface area (Å²) in [7, 11) is 0. The molecule has 0 unspecified atom stereocenters. The molecule has 1 aliphatic heterocycles. The zero-order valence-electron chi connectivity index (χ0n) is 9.18. The van der Waals surface area contributed by atoms with Crippen LogP contribution < -0.4 is 0 Å². The van der Waals surface area contributed by atoms with E-state index in [9.17, 15) is 9.18 Å². The van der Waals surface area contributed by atoms with Crippen LogP contribution in [0.1, 0.15) is 46.0 Å². The van der Waals surface area contributed by atoms with Crippen LogP contribution in [0.25, 0.3) is 0 Å². The standard InChI is InChI=1S/C11H20FNO/c1-11(2,12)10(14)13-8-6-4-3-5-7-9-13/h3-9H2,1-2H3. The van der Waals surface area contributed by atoms with Crippen LogP contribution in [-0.4, -0.2) is 29.6 Å². The van der Waals surface area contributed by atoms with Gasteiger partial charge in [-0.15, -0.1) is 0 Å². The van der Waals surface area contributed by atoms with E-state index in [1.54, 1.807) is 4.90 Å². The molecule has 1 amide bonds. The number of rotatable bonds is 1. The highest BCUT2D eigenvalue weighted by atomic mass is 19.1. The topological polar surface area (TPSA) is 20.3 Å². The van der Waals surface area contributed by atoms with Gasteiger partial charge in [0.1, 0.15) is 0 Å². The lowest BCUT2D eigenvalue weighted by atomic mass is 10.1. The summed E-state index contributed by atoms with van der Waals surface area (Å²) in [6, 6.07) is 0. The zero-order chi connectivity index (χ0) is 10.6. The van der Waals surface area contributed by atoms with Crippen molar-refractivity contribution in [1.82, 2.24) is 4.90 Å². The minimum atomic E-state index is -1.71. The second kappa shape index (κ2) is 4.76. The smallest absolute Gasteiger partial charge is 0.259 e. The van der Waals surface area contributed by atoms with Crippen molar-refractivity contribution < 1.29 is 9.18 Å². The molecule has 1 fully saturated rings. The van der Waals surface area contributed by atoms with Crippen molar-refractivity contribution >= 4 is 5.91 Å². The van der Waals surface area contributed by atoms with Gasteiger partial charge in [-0.05, 0) is 26.7 Å². The first-order valence-corrected chi connectivity index (χ1v) is 5.50. The molecule has 0 bridgehead atoms. The lowest BCUT2D eigenvalue weighted by molar-refractivity contribution is -0.142. The molecule has 0 aromatic carbocycles. The molecule has 0 saturated carbocycles. The van der Waals surface area contributed by atoms with Gasteiger partial charge >= 0.3 is 0 Å². The SMILES string of the molecule is CC(C)(F)C(=O)N1CCCCCCC1. The van der Waals surface area contributed by atoms with E-state index in [1.807, 2.05) is 0 Å². The highest BCUT2D eigenvalue weighted by molar-refractivity contribution is 5.84. The predicted octanol–water partition coefficient (Wildman–Crippen LogP) is 2.53. The molecule has 2 nitrogen and oxygen atoms in total. The number of hydrogen-bond acceptors (Lipinski definition) is 1. The molecular weight excluding hydrogens is 181 g/mol. The minimum absolute atomic E-state index is 0.348. The minimum Gasteiger partial charge on any atom is -0.340 e. The number of amides is 1. The van der Waals surface area contributed by atoms with Gasteiger partial charge in [0, 0.05) is 13.1 Å². The van der Waals surface area contributed by atoms with Crippen molar-refractivity contribution in [3.8, 4) is 0 Å². The molecule has 1 heterocycles. The third-order valence-electron chi connectivity index (χ3n) is 2.65. The third-order valence-corrected chi connectivity index (χ3v) is 2.65.